The van der Waals surface area contributed by atoms with Crippen LogP contribution in [0.15, 0.2) is 48.9 Å². The van der Waals surface area contributed by atoms with Crippen LogP contribution >= 0.6 is 0 Å². The van der Waals surface area contributed by atoms with Crippen molar-refractivity contribution in [1.29, 1.82) is 0 Å². The van der Waals surface area contributed by atoms with Crippen LogP contribution in [-0.4, -0.2) is 73.5 Å². The smallest absolute Gasteiger partial charge is 0.414 e. The Morgan fingerprint density at radius 3 is 2.17 bits per heavy atom. The summed E-state index contributed by atoms with van der Waals surface area (Å²) in [5, 5.41) is 12.9. The molecule has 0 saturated heterocycles. The third-order valence-corrected chi connectivity index (χ3v) is 5.24. The predicted octanol–water partition coefficient (Wildman–Crippen LogP) is 3.34. The van der Waals surface area contributed by atoms with E-state index in [1.165, 1.54) is 32.6 Å². The zero-order valence-electron chi connectivity index (χ0n) is 20.6. The number of ether oxygens (including phenoxy) is 4. The van der Waals surface area contributed by atoms with Gasteiger partial charge in [0.05, 0.1) is 26.9 Å². The first-order chi connectivity index (χ1) is 17.3. The van der Waals surface area contributed by atoms with Gasteiger partial charge in [0, 0.05) is 44.4 Å². The second-order valence-corrected chi connectivity index (χ2v) is 7.84. The van der Waals surface area contributed by atoms with Crippen molar-refractivity contribution in [3.8, 4) is 34.1 Å². The second kappa shape index (κ2) is 11.7. The van der Waals surface area contributed by atoms with E-state index in [4.69, 9.17) is 18.9 Å². The summed E-state index contributed by atoms with van der Waals surface area (Å²) >= 11 is 0. The highest BCUT2D eigenvalue weighted by Gasteiger charge is 2.24. The lowest BCUT2D eigenvalue weighted by Gasteiger charge is -2.20. The van der Waals surface area contributed by atoms with E-state index in [-0.39, 0.29) is 12.2 Å². The molecule has 0 radical (unpaired) electrons. The number of hydrogen-bond donors (Lipinski definition) is 2. The summed E-state index contributed by atoms with van der Waals surface area (Å²) in [6, 6.07) is 8.97. The van der Waals surface area contributed by atoms with E-state index in [1.54, 1.807) is 56.7 Å². The second-order valence-electron chi connectivity index (χ2n) is 7.84. The third kappa shape index (κ3) is 6.12. The molecule has 0 saturated carbocycles. The average molecular weight is 497 g/mol. The lowest BCUT2D eigenvalue weighted by Crippen LogP contribution is -2.32. The Hall–Kier alpha value is -4.54. The highest BCUT2D eigenvalue weighted by molar-refractivity contribution is 5.86. The summed E-state index contributed by atoms with van der Waals surface area (Å²) in [5.74, 6) is 0.987. The molecule has 2 aromatic carbocycles. The molecule has 1 aromatic heterocycles. The molecule has 0 bridgehead atoms. The lowest BCUT2D eigenvalue weighted by atomic mass is 10.0. The molecule has 0 fully saturated rings. The summed E-state index contributed by atoms with van der Waals surface area (Å²) in [6.07, 6.45) is 2.50. The molecule has 1 heterocycles. The standard InChI is InChI=1S/C25H28N4O7/c1-29(2)25(32)36-16-8-6-15(7-9-16)10-19(24(30)31)28-23-18(13-26-14-27-23)22-20(34-4)11-17(33-3)12-21(22)35-5/h6-9,11-14,19H,10H2,1-5H3,(H,30,31)(H,26,27,28)/t19-/m0/s1. The molecular formula is C25H28N4O7. The van der Waals surface area contributed by atoms with Crippen molar-refractivity contribution in [2.45, 2.75) is 12.5 Å². The third-order valence-electron chi connectivity index (χ3n) is 5.24. The zero-order valence-corrected chi connectivity index (χ0v) is 20.6. The minimum atomic E-state index is -1.07. The van der Waals surface area contributed by atoms with E-state index in [1.807, 2.05) is 0 Å². The van der Waals surface area contributed by atoms with Crippen molar-refractivity contribution in [2.75, 3.05) is 40.7 Å². The molecule has 11 heteroatoms. The fourth-order valence-electron chi connectivity index (χ4n) is 3.39. The molecule has 36 heavy (non-hydrogen) atoms. The van der Waals surface area contributed by atoms with Gasteiger partial charge in [-0.1, -0.05) is 12.1 Å². The van der Waals surface area contributed by atoms with Crippen LogP contribution in [0.1, 0.15) is 5.56 Å². The number of hydrogen-bond acceptors (Lipinski definition) is 9. The molecule has 2 N–H and O–H groups in total. The molecule has 190 valence electrons. The maximum Gasteiger partial charge on any atom is 0.414 e. The van der Waals surface area contributed by atoms with Gasteiger partial charge in [-0.05, 0) is 17.7 Å². The van der Waals surface area contributed by atoms with Gasteiger partial charge >= 0.3 is 12.1 Å². The number of carbonyl (C=O) groups is 2. The summed E-state index contributed by atoms with van der Waals surface area (Å²) in [6.45, 7) is 0. The minimum Gasteiger partial charge on any atom is -0.496 e. The van der Waals surface area contributed by atoms with Gasteiger partial charge in [-0.25, -0.2) is 19.6 Å². The molecule has 3 aromatic rings. The number of aliphatic carboxylic acids is 1. The predicted molar refractivity (Wildman–Crippen MR) is 132 cm³/mol. The first kappa shape index (κ1) is 26.1. The summed E-state index contributed by atoms with van der Waals surface area (Å²) < 4.78 is 21.6. The monoisotopic (exact) mass is 496 g/mol. The van der Waals surface area contributed by atoms with Gasteiger partial charge in [-0.2, -0.15) is 0 Å². The van der Waals surface area contributed by atoms with Crippen LogP contribution in [0.5, 0.6) is 23.0 Å². The molecule has 1 amide bonds. The van der Waals surface area contributed by atoms with E-state index in [0.717, 1.165) is 5.56 Å². The van der Waals surface area contributed by atoms with Gasteiger partial charge in [0.1, 0.15) is 41.2 Å². The number of carbonyl (C=O) groups excluding carboxylic acids is 1. The Kier molecular flexibility index (Phi) is 8.50. The highest BCUT2D eigenvalue weighted by Crippen LogP contribution is 2.43. The van der Waals surface area contributed by atoms with Gasteiger partial charge in [-0.15, -0.1) is 0 Å². The number of nitrogens with zero attached hydrogens (tertiary/aromatic N) is 3. The van der Waals surface area contributed by atoms with Crippen molar-refractivity contribution >= 4 is 17.9 Å². The molecule has 0 unspecified atom stereocenters. The Bertz CT molecular complexity index is 1190. The van der Waals surface area contributed by atoms with E-state index in [0.29, 0.717) is 34.1 Å². The Morgan fingerprint density at radius 2 is 1.64 bits per heavy atom. The maximum absolute atomic E-state index is 12.1. The normalized spacial score (nSPS) is 11.2. The van der Waals surface area contributed by atoms with Gasteiger partial charge in [0.15, 0.2) is 0 Å². The van der Waals surface area contributed by atoms with Gasteiger partial charge in [0.2, 0.25) is 0 Å². The largest absolute Gasteiger partial charge is 0.496 e. The molecular weight excluding hydrogens is 468 g/mol. The van der Waals surface area contributed by atoms with Crippen LogP contribution in [-0.2, 0) is 11.2 Å². The SMILES string of the molecule is COc1cc(OC)c(-c2cncnc2N[C@@H](Cc2ccc(OC(=O)N(C)C)cc2)C(=O)O)c(OC)c1. The fourth-order valence-corrected chi connectivity index (χ4v) is 3.39. The van der Waals surface area contributed by atoms with Crippen molar-refractivity contribution in [3.63, 3.8) is 0 Å². The number of rotatable bonds is 10. The summed E-state index contributed by atoms with van der Waals surface area (Å²) in [4.78, 5) is 33.6. The number of carboxylic acid groups (broad SMARTS) is 1. The molecule has 11 nitrogen and oxygen atoms in total. The lowest BCUT2D eigenvalue weighted by molar-refractivity contribution is -0.137. The molecule has 0 spiro atoms. The van der Waals surface area contributed by atoms with Gasteiger partial charge in [0.25, 0.3) is 0 Å². The van der Waals surface area contributed by atoms with Crippen LogP contribution < -0.4 is 24.3 Å². The summed E-state index contributed by atoms with van der Waals surface area (Å²) in [7, 11) is 7.71. The van der Waals surface area contributed by atoms with Gasteiger partial charge < -0.3 is 34.3 Å². The molecule has 1 atom stereocenters. The minimum absolute atomic E-state index is 0.136. The number of aromatic nitrogens is 2. The Labute approximate surface area is 208 Å². The molecule has 0 aliphatic rings. The van der Waals surface area contributed by atoms with E-state index < -0.39 is 18.1 Å². The molecule has 0 aliphatic heterocycles. The van der Waals surface area contributed by atoms with Crippen LogP contribution in [0.3, 0.4) is 0 Å². The van der Waals surface area contributed by atoms with Crippen LogP contribution in [0.25, 0.3) is 11.1 Å². The highest BCUT2D eigenvalue weighted by atomic mass is 16.6. The first-order valence-corrected chi connectivity index (χ1v) is 10.8. The molecule has 0 aliphatic carbocycles. The number of amides is 1. The van der Waals surface area contributed by atoms with E-state index >= 15 is 0 Å². The van der Waals surface area contributed by atoms with Crippen molar-refractivity contribution in [2.24, 2.45) is 0 Å². The fraction of sp³-hybridized carbons (Fsp3) is 0.280. The maximum atomic E-state index is 12.1. The van der Waals surface area contributed by atoms with Crippen LogP contribution in [0.4, 0.5) is 10.6 Å². The van der Waals surface area contributed by atoms with Gasteiger partial charge in [-0.3, -0.25) is 0 Å². The van der Waals surface area contributed by atoms with Crippen LogP contribution in [0.2, 0.25) is 0 Å². The van der Waals surface area contributed by atoms with Crippen LogP contribution in [0, 0.1) is 0 Å². The summed E-state index contributed by atoms with van der Waals surface area (Å²) in [5.41, 5.74) is 1.75. The number of anilines is 1. The van der Waals surface area contributed by atoms with E-state index in [9.17, 15) is 14.7 Å². The average Bonchev–Trinajstić information content (AvgIpc) is 2.88. The molecule has 3 rings (SSSR count). The quantitative estimate of drug-likeness (QED) is 0.431. The Morgan fingerprint density at radius 1 is 1.00 bits per heavy atom. The van der Waals surface area contributed by atoms with Crippen molar-refractivity contribution in [1.82, 2.24) is 14.9 Å². The number of carboxylic acids is 1. The number of nitrogens with one attached hydrogen (secondary N) is 1. The first-order valence-electron chi connectivity index (χ1n) is 10.8. The zero-order chi connectivity index (χ0) is 26.2. The van der Waals surface area contributed by atoms with Crippen molar-refractivity contribution < 1.29 is 33.6 Å². The number of benzene rings is 2. The van der Waals surface area contributed by atoms with Crippen molar-refractivity contribution in [3.05, 3.63) is 54.5 Å². The number of methoxy groups -OCH3 is 3. The van der Waals surface area contributed by atoms with E-state index in [2.05, 4.69) is 15.3 Å². The topological polar surface area (TPSA) is 132 Å². The Balaban J connectivity index is 1.90.